The lowest BCUT2D eigenvalue weighted by Gasteiger charge is -2.30. The van der Waals surface area contributed by atoms with Crippen molar-refractivity contribution in [3.63, 3.8) is 0 Å². The molecule has 7 heteroatoms. The molecule has 1 unspecified atom stereocenters. The molecule has 2 heterocycles. The minimum atomic E-state index is -0.0165. The highest BCUT2D eigenvalue weighted by Gasteiger charge is 2.31. The van der Waals surface area contributed by atoms with Crippen LogP contribution in [0.25, 0.3) is 5.69 Å². The van der Waals surface area contributed by atoms with E-state index in [1.165, 1.54) is 0 Å². The third-order valence-corrected chi connectivity index (χ3v) is 5.55. The summed E-state index contributed by atoms with van der Waals surface area (Å²) in [5.41, 5.74) is 9.47. The van der Waals surface area contributed by atoms with Gasteiger partial charge < -0.3 is 10.6 Å². The average molecular weight is 379 g/mol. The molecule has 1 aromatic carbocycles. The second-order valence-electron chi connectivity index (χ2n) is 6.79. The number of amides is 1. The number of likely N-dealkylation sites (tertiary alicyclic amines) is 1. The molecule has 0 spiro atoms. The number of hydrogen-bond donors (Lipinski definition) is 1. The van der Waals surface area contributed by atoms with Crippen LogP contribution < -0.4 is 5.73 Å². The van der Waals surface area contributed by atoms with Gasteiger partial charge >= 0.3 is 0 Å². The Balaban J connectivity index is 1.74. The SMILES string of the molecule is NC1CCCN(C(=O)c2nn(-c3ccc(Cl)cc3Cl)c3c2CCC3)C1. The van der Waals surface area contributed by atoms with Crippen LogP contribution in [-0.4, -0.2) is 39.7 Å². The predicted octanol–water partition coefficient (Wildman–Crippen LogP) is 3.23. The Bertz CT molecular complexity index is 833. The molecular formula is C18H20Cl2N4O. The summed E-state index contributed by atoms with van der Waals surface area (Å²) in [6, 6.07) is 5.39. The zero-order chi connectivity index (χ0) is 17.6. The van der Waals surface area contributed by atoms with Crippen LogP contribution in [0, 0.1) is 0 Å². The number of rotatable bonds is 2. The van der Waals surface area contributed by atoms with E-state index in [9.17, 15) is 4.79 Å². The molecule has 1 amide bonds. The van der Waals surface area contributed by atoms with Gasteiger partial charge in [0, 0.05) is 35.4 Å². The van der Waals surface area contributed by atoms with Crippen LogP contribution in [0.3, 0.4) is 0 Å². The van der Waals surface area contributed by atoms with Gasteiger partial charge in [-0.3, -0.25) is 4.79 Å². The summed E-state index contributed by atoms with van der Waals surface area (Å²) in [4.78, 5) is 14.9. The molecule has 5 nitrogen and oxygen atoms in total. The van der Waals surface area contributed by atoms with E-state index in [-0.39, 0.29) is 11.9 Å². The van der Waals surface area contributed by atoms with Crippen molar-refractivity contribution in [2.75, 3.05) is 13.1 Å². The van der Waals surface area contributed by atoms with E-state index in [2.05, 4.69) is 5.10 Å². The third-order valence-electron chi connectivity index (χ3n) is 5.02. The quantitative estimate of drug-likeness (QED) is 0.872. The van der Waals surface area contributed by atoms with Gasteiger partial charge in [0.1, 0.15) is 0 Å². The van der Waals surface area contributed by atoms with Gasteiger partial charge in [-0.15, -0.1) is 0 Å². The van der Waals surface area contributed by atoms with Crippen LogP contribution in [0.2, 0.25) is 10.0 Å². The van der Waals surface area contributed by atoms with E-state index in [0.29, 0.717) is 22.3 Å². The first-order valence-corrected chi connectivity index (χ1v) is 9.41. The van der Waals surface area contributed by atoms with E-state index in [0.717, 1.165) is 55.6 Å². The van der Waals surface area contributed by atoms with E-state index in [1.807, 2.05) is 15.6 Å². The number of hydrogen-bond acceptors (Lipinski definition) is 3. The van der Waals surface area contributed by atoms with Crippen LogP contribution in [-0.2, 0) is 12.8 Å². The molecule has 1 aliphatic carbocycles. The maximum absolute atomic E-state index is 13.0. The maximum atomic E-state index is 13.0. The van der Waals surface area contributed by atoms with Crippen molar-refractivity contribution in [1.29, 1.82) is 0 Å². The number of carbonyl (C=O) groups excluding carboxylic acids is 1. The zero-order valence-corrected chi connectivity index (χ0v) is 15.4. The molecule has 0 saturated carbocycles. The molecule has 4 rings (SSSR count). The lowest BCUT2D eigenvalue weighted by Crippen LogP contribution is -2.46. The van der Waals surface area contributed by atoms with Gasteiger partial charge in [-0.2, -0.15) is 5.10 Å². The topological polar surface area (TPSA) is 64.2 Å². The monoisotopic (exact) mass is 378 g/mol. The van der Waals surface area contributed by atoms with Crippen LogP contribution in [0.5, 0.6) is 0 Å². The second-order valence-corrected chi connectivity index (χ2v) is 7.63. The number of benzene rings is 1. The molecule has 2 N–H and O–H groups in total. The normalized spacial score (nSPS) is 20.0. The predicted molar refractivity (Wildman–Crippen MR) is 98.7 cm³/mol. The highest BCUT2D eigenvalue weighted by atomic mass is 35.5. The highest BCUT2D eigenvalue weighted by molar-refractivity contribution is 6.35. The van der Waals surface area contributed by atoms with Crippen LogP contribution in [0.15, 0.2) is 18.2 Å². The summed E-state index contributed by atoms with van der Waals surface area (Å²) in [5.74, 6) is -0.0165. The number of piperidine rings is 1. The first-order valence-electron chi connectivity index (χ1n) is 8.65. The van der Waals surface area contributed by atoms with Crippen molar-refractivity contribution in [3.8, 4) is 5.69 Å². The Hall–Kier alpha value is -1.56. The van der Waals surface area contributed by atoms with Gasteiger partial charge in [0.05, 0.1) is 10.7 Å². The Morgan fingerprint density at radius 2 is 2.08 bits per heavy atom. The number of nitrogens with zero attached hydrogens (tertiary/aromatic N) is 3. The van der Waals surface area contributed by atoms with Gasteiger partial charge in [0.2, 0.25) is 0 Å². The zero-order valence-electron chi connectivity index (χ0n) is 13.8. The Morgan fingerprint density at radius 3 is 2.84 bits per heavy atom. The van der Waals surface area contributed by atoms with Crippen molar-refractivity contribution < 1.29 is 4.79 Å². The van der Waals surface area contributed by atoms with Gasteiger partial charge in [-0.05, 0) is 50.3 Å². The molecule has 1 atom stereocenters. The summed E-state index contributed by atoms with van der Waals surface area (Å²) >= 11 is 12.4. The molecule has 1 fully saturated rings. The second kappa shape index (κ2) is 6.63. The minimum Gasteiger partial charge on any atom is -0.336 e. The number of fused-ring (bicyclic) bond motifs is 1. The van der Waals surface area contributed by atoms with Gasteiger partial charge in [-0.25, -0.2) is 4.68 Å². The Morgan fingerprint density at radius 1 is 1.24 bits per heavy atom. The number of carbonyl (C=O) groups is 1. The summed E-state index contributed by atoms with van der Waals surface area (Å²) < 4.78 is 1.82. The van der Waals surface area contributed by atoms with Crippen molar-refractivity contribution in [1.82, 2.24) is 14.7 Å². The number of halogens is 2. The molecule has 1 aliphatic heterocycles. The van der Waals surface area contributed by atoms with Crippen molar-refractivity contribution >= 4 is 29.1 Å². The van der Waals surface area contributed by atoms with Gasteiger partial charge in [0.25, 0.3) is 5.91 Å². The van der Waals surface area contributed by atoms with Crippen LogP contribution >= 0.6 is 23.2 Å². The van der Waals surface area contributed by atoms with Crippen molar-refractivity contribution in [3.05, 3.63) is 45.2 Å². The lowest BCUT2D eigenvalue weighted by atomic mass is 10.1. The lowest BCUT2D eigenvalue weighted by molar-refractivity contribution is 0.0701. The summed E-state index contributed by atoms with van der Waals surface area (Å²) in [5, 5.41) is 5.76. The van der Waals surface area contributed by atoms with Crippen LogP contribution in [0.1, 0.15) is 41.0 Å². The Kier molecular flexibility index (Phi) is 4.48. The minimum absolute atomic E-state index is 0.0165. The average Bonchev–Trinajstić information content (AvgIpc) is 3.17. The maximum Gasteiger partial charge on any atom is 0.274 e. The fourth-order valence-electron chi connectivity index (χ4n) is 3.81. The van der Waals surface area contributed by atoms with Crippen molar-refractivity contribution in [2.24, 2.45) is 5.73 Å². The molecule has 132 valence electrons. The summed E-state index contributed by atoms with van der Waals surface area (Å²) in [6.45, 7) is 1.35. The van der Waals surface area contributed by atoms with E-state index in [1.54, 1.807) is 12.1 Å². The van der Waals surface area contributed by atoms with Crippen LogP contribution in [0.4, 0.5) is 0 Å². The van der Waals surface area contributed by atoms with Gasteiger partial charge in [0.15, 0.2) is 5.69 Å². The first-order chi connectivity index (χ1) is 12.0. The molecule has 25 heavy (non-hydrogen) atoms. The summed E-state index contributed by atoms with van der Waals surface area (Å²) in [7, 11) is 0. The first kappa shape index (κ1) is 16.9. The molecular weight excluding hydrogens is 359 g/mol. The Labute approximate surface area is 156 Å². The largest absolute Gasteiger partial charge is 0.336 e. The molecule has 2 aromatic rings. The van der Waals surface area contributed by atoms with Crippen molar-refractivity contribution in [2.45, 2.75) is 38.1 Å². The molecule has 2 aliphatic rings. The summed E-state index contributed by atoms with van der Waals surface area (Å²) in [6.07, 6.45) is 4.71. The third kappa shape index (κ3) is 3.05. The molecule has 1 saturated heterocycles. The fourth-order valence-corrected chi connectivity index (χ4v) is 4.29. The standard InChI is InChI=1S/C18H20Cl2N4O/c19-11-6-7-16(14(20)9-11)24-15-5-1-4-13(15)17(22-24)18(25)23-8-2-3-12(21)10-23/h6-7,9,12H,1-5,8,10,21H2. The van der Waals surface area contributed by atoms with E-state index in [4.69, 9.17) is 28.9 Å². The fraction of sp³-hybridized carbons (Fsp3) is 0.444. The number of aromatic nitrogens is 2. The molecule has 0 radical (unpaired) electrons. The highest BCUT2D eigenvalue weighted by Crippen LogP contribution is 2.32. The van der Waals surface area contributed by atoms with E-state index >= 15 is 0 Å². The smallest absolute Gasteiger partial charge is 0.274 e. The van der Waals surface area contributed by atoms with Gasteiger partial charge in [-0.1, -0.05) is 23.2 Å². The molecule has 1 aromatic heterocycles. The molecule has 0 bridgehead atoms. The number of nitrogens with two attached hydrogens (primary N) is 1. The van der Waals surface area contributed by atoms with E-state index < -0.39 is 0 Å².